The third kappa shape index (κ3) is 2.09. The minimum absolute atomic E-state index is 0.267. The first kappa shape index (κ1) is 10.9. The van der Waals surface area contributed by atoms with Crippen molar-refractivity contribution in [1.82, 2.24) is 30.8 Å². The zero-order valence-electron chi connectivity index (χ0n) is 9.54. The lowest BCUT2D eigenvalue weighted by Crippen LogP contribution is -2.43. The summed E-state index contributed by atoms with van der Waals surface area (Å²) in [5.74, 6) is -0.267. The number of aromatic nitrogens is 4. The van der Waals surface area contributed by atoms with E-state index >= 15 is 0 Å². The van der Waals surface area contributed by atoms with Gasteiger partial charge < -0.3 is 15.2 Å². The third-order valence-corrected chi connectivity index (χ3v) is 2.80. The molecule has 2 aromatic rings. The van der Waals surface area contributed by atoms with Gasteiger partial charge in [0.2, 0.25) is 0 Å². The van der Waals surface area contributed by atoms with Crippen LogP contribution in [0, 0.1) is 0 Å². The quantitative estimate of drug-likeness (QED) is 0.745. The van der Waals surface area contributed by atoms with Gasteiger partial charge in [-0.15, -0.1) is 5.10 Å². The van der Waals surface area contributed by atoms with Gasteiger partial charge in [-0.25, -0.2) is 4.68 Å². The lowest BCUT2D eigenvalue weighted by atomic mass is 10.2. The molecule has 8 nitrogen and oxygen atoms in total. The van der Waals surface area contributed by atoms with Crippen molar-refractivity contribution in [3.05, 3.63) is 29.9 Å². The van der Waals surface area contributed by atoms with Gasteiger partial charge in [-0.1, -0.05) is 10.4 Å². The van der Waals surface area contributed by atoms with Gasteiger partial charge in [-0.3, -0.25) is 4.79 Å². The molecule has 2 aromatic heterocycles. The highest BCUT2D eigenvalue weighted by molar-refractivity contribution is 5.91. The Hall–Kier alpha value is -2.22. The van der Waals surface area contributed by atoms with Crippen molar-refractivity contribution in [2.45, 2.75) is 12.6 Å². The molecule has 1 amide bonds. The van der Waals surface area contributed by atoms with Crippen LogP contribution >= 0.6 is 0 Å². The van der Waals surface area contributed by atoms with E-state index in [1.807, 2.05) is 0 Å². The van der Waals surface area contributed by atoms with Crippen LogP contribution in [0.15, 0.2) is 23.0 Å². The van der Waals surface area contributed by atoms with Gasteiger partial charge in [-0.2, -0.15) is 0 Å². The van der Waals surface area contributed by atoms with Crippen LogP contribution in [0.1, 0.15) is 22.2 Å². The summed E-state index contributed by atoms with van der Waals surface area (Å²) in [7, 11) is 0. The molecule has 1 aliphatic heterocycles. The number of rotatable bonds is 4. The molecule has 3 rings (SSSR count). The molecule has 0 spiro atoms. The van der Waals surface area contributed by atoms with Crippen LogP contribution < -0.4 is 10.6 Å². The van der Waals surface area contributed by atoms with E-state index in [2.05, 4.69) is 30.6 Å². The van der Waals surface area contributed by atoms with E-state index in [-0.39, 0.29) is 5.91 Å². The van der Waals surface area contributed by atoms with Crippen LogP contribution in [0.3, 0.4) is 0 Å². The maximum Gasteiger partial charge on any atom is 0.273 e. The van der Waals surface area contributed by atoms with E-state index in [4.69, 9.17) is 0 Å². The fourth-order valence-corrected chi connectivity index (χ4v) is 1.61. The second kappa shape index (κ2) is 4.57. The van der Waals surface area contributed by atoms with Gasteiger partial charge in [0.15, 0.2) is 5.69 Å². The number of hydrogen-bond donors (Lipinski definition) is 2. The van der Waals surface area contributed by atoms with E-state index in [9.17, 15) is 4.79 Å². The predicted molar refractivity (Wildman–Crippen MR) is 59.6 cm³/mol. The normalized spacial score (nSPS) is 15.3. The van der Waals surface area contributed by atoms with Gasteiger partial charge in [-0.05, 0) is 0 Å². The lowest BCUT2D eigenvalue weighted by Gasteiger charge is -2.26. The highest BCUT2D eigenvalue weighted by Crippen LogP contribution is 2.09. The number of carbonyl (C=O) groups excluding carboxylic acids is 1. The second-order valence-corrected chi connectivity index (χ2v) is 4.07. The van der Waals surface area contributed by atoms with Crippen LogP contribution in [0.5, 0.6) is 0 Å². The van der Waals surface area contributed by atoms with Gasteiger partial charge in [0.05, 0.1) is 18.8 Å². The predicted octanol–water partition coefficient (Wildman–Crippen LogP) is -0.660. The first-order valence-electron chi connectivity index (χ1n) is 5.63. The Balaban J connectivity index is 1.59. The SMILES string of the molecule is O=C(NCc1ccon1)c1cn(C2CNC2)nn1. The highest BCUT2D eigenvalue weighted by Gasteiger charge is 2.21. The standard InChI is InChI=1S/C10H12N6O2/c17-10(12-3-7-1-2-18-14-7)9-6-16(15-13-9)8-4-11-5-8/h1-2,6,8,11H,3-5H2,(H,12,17). The highest BCUT2D eigenvalue weighted by atomic mass is 16.5. The fraction of sp³-hybridized carbons (Fsp3) is 0.400. The van der Waals surface area contributed by atoms with Gasteiger partial charge in [0.1, 0.15) is 12.0 Å². The van der Waals surface area contributed by atoms with Gasteiger partial charge >= 0.3 is 0 Å². The van der Waals surface area contributed by atoms with Crippen LogP contribution in [-0.2, 0) is 6.54 Å². The van der Waals surface area contributed by atoms with Crippen LogP contribution in [0.4, 0.5) is 0 Å². The Kier molecular flexibility index (Phi) is 2.77. The zero-order chi connectivity index (χ0) is 12.4. The molecule has 3 heterocycles. The van der Waals surface area contributed by atoms with Gasteiger partial charge in [0, 0.05) is 19.2 Å². The smallest absolute Gasteiger partial charge is 0.273 e. The Morgan fingerprint density at radius 2 is 2.50 bits per heavy atom. The number of carbonyl (C=O) groups is 1. The van der Waals surface area contributed by atoms with Crippen LogP contribution in [0.25, 0.3) is 0 Å². The minimum atomic E-state index is -0.267. The summed E-state index contributed by atoms with van der Waals surface area (Å²) in [6.45, 7) is 2.04. The Morgan fingerprint density at radius 1 is 1.61 bits per heavy atom. The summed E-state index contributed by atoms with van der Waals surface area (Å²) in [6, 6.07) is 1.99. The lowest BCUT2D eigenvalue weighted by molar-refractivity contribution is 0.0945. The topological polar surface area (TPSA) is 97.9 Å². The maximum absolute atomic E-state index is 11.8. The Morgan fingerprint density at radius 3 is 3.17 bits per heavy atom. The number of nitrogens with zero attached hydrogens (tertiary/aromatic N) is 4. The first-order chi connectivity index (χ1) is 8.83. The molecule has 18 heavy (non-hydrogen) atoms. The van der Waals surface area contributed by atoms with E-state index in [0.29, 0.717) is 24.0 Å². The summed E-state index contributed by atoms with van der Waals surface area (Å²) in [6.07, 6.45) is 3.12. The summed E-state index contributed by atoms with van der Waals surface area (Å²) in [5, 5.41) is 17.3. The van der Waals surface area contributed by atoms with Crippen molar-refractivity contribution in [2.24, 2.45) is 0 Å². The molecule has 0 aromatic carbocycles. The average Bonchev–Trinajstić information content (AvgIpc) is 2.94. The van der Waals surface area contributed by atoms with Crippen LogP contribution in [-0.4, -0.2) is 39.1 Å². The Bertz CT molecular complexity index is 530. The van der Waals surface area contributed by atoms with Gasteiger partial charge in [0.25, 0.3) is 5.91 Å². The van der Waals surface area contributed by atoms with Crippen molar-refractivity contribution in [3.63, 3.8) is 0 Å². The van der Waals surface area contributed by atoms with Crippen molar-refractivity contribution in [1.29, 1.82) is 0 Å². The van der Waals surface area contributed by atoms with E-state index in [1.54, 1.807) is 16.9 Å². The number of amides is 1. The van der Waals surface area contributed by atoms with Crippen LogP contribution in [0.2, 0.25) is 0 Å². The van der Waals surface area contributed by atoms with Crippen molar-refractivity contribution in [3.8, 4) is 0 Å². The molecule has 8 heteroatoms. The fourth-order valence-electron chi connectivity index (χ4n) is 1.61. The summed E-state index contributed by atoms with van der Waals surface area (Å²) >= 11 is 0. The minimum Gasteiger partial charge on any atom is -0.364 e. The average molecular weight is 248 g/mol. The summed E-state index contributed by atoms with van der Waals surface area (Å²) in [4.78, 5) is 11.8. The Labute approximate surface area is 102 Å². The third-order valence-electron chi connectivity index (χ3n) is 2.80. The zero-order valence-corrected chi connectivity index (χ0v) is 9.54. The van der Waals surface area contributed by atoms with Crippen molar-refractivity contribution >= 4 is 5.91 Å². The molecule has 0 saturated carbocycles. The molecule has 2 N–H and O–H groups in total. The molecule has 1 saturated heterocycles. The van der Waals surface area contributed by atoms with E-state index < -0.39 is 0 Å². The molecule has 0 radical (unpaired) electrons. The molecule has 94 valence electrons. The molecule has 1 fully saturated rings. The molecule has 0 bridgehead atoms. The monoisotopic (exact) mass is 248 g/mol. The first-order valence-corrected chi connectivity index (χ1v) is 5.63. The molecular weight excluding hydrogens is 236 g/mol. The number of hydrogen-bond acceptors (Lipinski definition) is 6. The van der Waals surface area contributed by atoms with Crippen molar-refractivity contribution < 1.29 is 9.32 Å². The largest absolute Gasteiger partial charge is 0.364 e. The molecule has 1 aliphatic rings. The molecule has 0 aliphatic carbocycles. The molecule has 0 unspecified atom stereocenters. The maximum atomic E-state index is 11.8. The molecular formula is C10H12N6O2. The van der Waals surface area contributed by atoms with E-state index in [0.717, 1.165) is 13.1 Å². The van der Waals surface area contributed by atoms with Crippen molar-refractivity contribution in [2.75, 3.05) is 13.1 Å². The number of nitrogens with one attached hydrogen (secondary N) is 2. The molecule has 0 atom stereocenters. The second-order valence-electron chi connectivity index (χ2n) is 4.07. The summed E-state index contributed by atoms with van der Waals surface area (Å²) < 4.78 is 6.38. The summed E-state index contributed by atoms with van der Waals surface area (Å²) in [5.41, 5.74) is 0.976. The van der Waals surface area contributed by atoms with E-state index in [1.165, 1.54) is 6.26 Å².